The summed E-state index contributed by atoms with van der Waals surface area (Å²) in [6, 6.07) is 0. The lowest BCUT2D eigenvalue weighted by Gasteiger charge is -2.35. The SMILES string of the molecule is C[C@]12CC[C@@H]([C@H](Br)C1=O)[C@]2(C)CS(=O)(=O)O. The Balaban J connectivity index is 2.47. The van der Waals surface area contributed by atoms with Gasteiger partial charge in [-0.15, -0.1) is 0 Å². The molecule has 2 fully saturated rings. The Hall–Kier alpha value is 0.0600. The van der Waals surface area contributed by atoms with Crippen molar-refractivity contribution in [1.29, 1.82) is 0 Å². The molecule has 0 saturated heterocycles. The predicted octanol–water partition coefficient (Wildman–Crippen LogP) is 1.64. The van der Waals surface area contributed by atoms with Crippen molar-refractivity contribution in [2.45, 2.75) is 31.5 Å². The maximum absolute atomic E-state index is 12.1. The van der Waals surface area contributed by atoms with Gasteiger partial charge in [-0.3, -0.25) is 9.35 Å². The Kier molecular flexibility index (Phi) is 2.58. The maximum Gasteiger partial charge on any atom is 0.265 e. The summed E-state index contributed by atoms with van der Waals surface area (Å²) < 4.78 is 31.2. The molecule has 0 aromatic rings. The molecule has 0 aromatic heterocycles. The van der Waals surface area contributed by atoms with Crippen molar-refractivity contribution in [1.82, 2.24) is 0 Å². The van der Waals surface area contributed by atoms with Crippen LogP contribution in [-0.4, -0.2) is 29.3 Å². The van der Waals surface area contributed by atoms with Crippen molar-refractivity contribution in [3.05, 3.63) is 0 Å². The first kappa shape index (κ1) is 12.5. The highest BCUT2D eigenvalue weighted by atomic mass is 79.9. The lowest BCUT2D eigenvalue weighted by atomic mass is 9.70. The van der Waals surface area contributed by atoms with E-state index in [-0.39, 0.29) is 22.3 Å². The second-order valence-electron chi connectivity index (χ2n) is 5.39. The van der Waals surface area contributed by atoms with E-state index in [9.17, 15) is 13.2 Å². The summed E-state index contributed by atoms with van der Waals surface area (Å²) in [5.41, 5.74) is -1.27. The summed E-state index contributed by atoms with van der Waals surface area (Å²) in [7, 11) is -4.05. The van der Waals surface area contributed by atoms with Crippen molar-refractivity contribution in [2.24, 2.45) is 16.7 Å². The minimum atomic E-state index is -4.05. The first-order chi connectivity index (χ1) is 7.12. The monoisotopic (exact) mass is 310 g/mol. The van der Waals surface area contributed by atoms with Crippen LogP contribution in [0.5, 0.6) is 0 Å². The zero-order chi connectivity index (χ0) is 12.4. The van der Waals surface area contributed by atoms with E-state index in [1.807, 2.05) is 6.92 Å². The van der Waals surface area contributed by atoms with Gasteiger partial charge in [0.2, 0.25) is 0 Å². The lowest BCUT2D eigenvalue weighted by molar-refractivity contribution is -0.127. The van der Waals surface area contributed by atoms with E-state index in [1.165, 1.54) is 0 Å². The lowest BCUT2D eigenvalue weighted by Crippen LogP contribution is -2.40. The summed E-state index contributed by atoms with van der Waals surface area (Å²) in [6.45, 7) is 3.62. The average molecular weight is 311 g/mol. The van der Waals surface area contributed by atoms with Gasteiger partial charge in [-0.2, -0.15) is 8.42 Å². The minimum Gasteiger partial charge on any atom is -0.298 e. The van der Waals surface area contributed by atoms with Crippen molar-refractivity contribution in [2.75, 3.05) is 5.75 Å². The number of hydrogen-bond acceptors (Lipinski definition) is 3. The highest BCUT2D eigenvalue weighted by Gasteiger charge is 2.68. The Bertz CT molecular complexity index is 446. The van der Waals surface area contributed by atoms with Crippen LogP contribution in [-0.2, 0) is 14.9 Å². The number of alkyl halides is 1. The fourth-order valence-corrected chi connectivity index (χ4v) is 6.11. The van der Waals surface area contributed by atoms with Crippen LogP contribution >= 0.6 is 15.9 Å². The Labute approximate surface area is 104 Å². The first-order valence-electron chi connectivity index (χ1n) is 5.25. The number of fused-ring (bicyclic) bond motifs is 2. The third-order valence-corrected chi connectivity index (χ3v) is 6.68. The normalized spacial score (nSPS) is 47.6. The molecule has 2 aliphatic rings. The summed E-state index contributed by atoms with van der Waals surface area (Å²) in [5, 5.41) is 0. The number of Topliss-reactive ketones (excluding diaryl/α,β-unsaturated/α-hetero) is 1. The van der Waals surface area contributed by atoms with Gasteiger partial charge >= 0.3 is 0 Å². The number of ketones is 1. The average Bonchev–Trinajstić information content (AvgIpc) is 2.40. The zero-order valence-electron chi connectivity index (χ0n) is 9.23. The first-order valence-corrected chi connectivity index (χ1v) is 7.78. The van der Waals surface area contributed by atoms with E-state index < -0.39 is 20.9 Å². The van der Waals surface area contributed by atoms with Crippen molar-refractivity contribution < 1.29 is 17.8 Å². The largest absolute Gasteiger partial charge is 0.298 e. The maximum atomic E-state index is 12.1. The van der Waals surface area contributed by atoms with Crippen molar-refractivity contribution in [3.63, 3.8) is 0 Å². The Morgan fingerprint density at radius 3 is 2.44 bits per heavy atom. The molecule has 4 nitrogen and oxygen atoms in total. The van der Waals surface area contributed by atoms with Crippen molar-refractivity contribution >= 4 is 31.8 Å². The van der Waals surface area contributed by atoms with E-state index in [1.54, 1.807) is 6.92 Å². The van der Waals surface area contributed by atoms with Gasteiger partial charge in [0.05, 0.1) is 10.6 Å². The summed E-state index contributed by atoms with van der Waals surface area (Å²) >= 11 is 3.35. The third-order valence-electron chi connectivity index (χ3n) is 4.66. The van der Waals surface area contributed by atoms with E-state index in [0.717, 1.165) is 6.42 Å². The fraction of sp³-hybridized carbons (Fsp3) is 0.900. The molecule has 1 N–H and O–H groups in total. The molecule has 0 unspecified atom stereocenters. The molecule has 6 heteroatoms. The van der Waals surface area contributed by atoms with Crippen LogP contribution in [0.1, 0.15) is 26.7 Å². The predicted molar refractivity (Wildman–Crippen MR) is 63.1 cm³/mol. The van der Waals surface area contributed by atoms with E-state index in [2.05, 4.69) is 15.9 Å². The molecule has 0 amide bonds. The standard InChI is InChI=1S/C10H15BrO4S/c1-9-4-3-6(7(11)8(9)12)10(9,2)5-16(13,14)15/h6-7H,3-5H2,1-2H3,(H,13,14,15)/t6-,7-,9-,10-/m0/s1. The number of halogens is 1. The molecule has 0 aliphatic heterocycles. The smallest absolute Gasteiger partial charge is 0.265 e. The molecular weight excluding hydrogens is 296 g/mol. The molecule has 2 aliphatic carbocycles. The van der Waals surface area contributed by atoms with Gasteiger partial charge in [0.25, 0.3) is 10.1 Å². The molecule has 2 rings (SSSR count). The van der Waals surface area contributed by atoms with Crippen LogP contribution < -0.4 is 0 Å². The minimum absolute atomic E-state index is 0.00641. The summed E-state index contributed by atoms with van der Waals surface area (Å²) in [4.78, 5) is 11.8. The highest BCUT2D eigenvalue weighted by Crippen LogP contribution is 2.65. The van der Waals surface area contributed by atoms with Gasteiger partial charge in [-0.25, -0.2) is 0 Å². The highest BCUT2D eigenvalue weighted by molar-refractivity contribution is 9.10. The number of carbonyl (C=O) groups is 1. The quantitative estimate of drug-likeness (QED) is 0.622. The molecule has 2 bridgehead atoms. The van der Waals surface area contributed by atoms with Crippen molar-refractivity contribution in [3.8, 4) is 0 Å². The number of carbonyl (C=O) groups excluding carboxylic acids is 1. The van der Waals surface area contributed by atoms with Crippen LogP contribution in [0.4, 0.5) is 0 Å². The van der Waals surface area contributed by atoms with Gasteiger partial charge in [0, 0.05) is 10.8 Å². The van der Waals surface area contributed by atoms with Gasteiger partial charge in [0.15, 0.2) is 5.78 Å². The molecule has 2 saturated carbocycles. The van der Waals surface area contributed by atoms with E-state index in [0.29, 0.717) is 6.42 Å². The van der Waals surface area contributed by atoms with Crippen LogP contribution in [0.2, 0.25) is 0 Å². The molecular formula is C10H15BrO4S. The van der Waals surface area contributed by atoms with Crippen LogP contribution in [0.15, 0.2) is 0 Å². The number of hydrogen-bond donors (Lipinski definition) is 1. The van der Waals surface area contributed by atoms with Gasteiger partial charge in [-0.05, 0) is 18.8 Å². The van der Waals surface area contributed by atoms with E-state index in [4.69, 9.17) is 4.55 Å². The van der Waals surface area contributed by atoms with Gasteiger partial charge < -0.3 is 0 Å². The summed E-state index contributed by atoms with van der Waals surface area (Å²) in [6.07, 6.45) is 1.55. The second kappa shape index (κ2) is 3.29. The summed E-state index contributed by atoms with van der Waals surface area (Å²) in [5.74, 6) is -0.239. The second-order valence-corrected chi connectivity index (χ2v) is 7.83. The van der Waals surface area contributed by atoms with Gasteiger partial charge in [0.1, 0.15) is 0 Å². The fourth-order valence-electron chi connectivity index (χ4n) is 3.46. The van der Waals surface area contributed by atoms with E-state index >= 15 is 0 Å². The molecule has 0 spiro atoms. The molecule has 0 heterocycles. The topological polar surface area (TPSA) is 71.4 Å². The number of rotatable bonds is 2. The molecule has 0 radical (unpaired) electrons. The molecule has 92 valence electrons. The molecule has 16 heavy (non-hydrogen) atoms. The van der Waals surface area contributed by atoms with Crippen LogP contribution in [0.3, 0.4) is 0 Å². The Morgan fingerprint density at radius 1 is 1.50 bits per heavy atom. The molecule has 4 atom stereocenters. The third kappa shape index (κ3) is 1.42. The zero-order valence-corrected chi connectivity index (χ0v) is 11.6. The van der Waals surface area contributed by atoms with Crippen LogP contribution in [0.25, 0.3) is 0 Å². The van der Waals surface area contributed by atoms with Gasteiger partial charge in [-0.1, -0.05) is 29.8 Å². The molecule has 0 aromatic carbocycles. The van der Waals surface area contributed by atoms with Crippen LogP contribution in [0, 0.1) is 16.7 Å². The Morgan fingerprint density at radius 2 is 2.06 bits per heavy atom.